The zero-order valence-electron chi connectivity index (χ0n) is 11.6. The molecule has 0 amide bonds. The van der Waals surface area contributed by atoms with Crippen molar-refractivity contribution in [2.45, 2.75) is 6.92 Å². The molecule has 21 heavy (non-hydrogen) atoms. The van der Waals surface area contributed by atoms with Crippen LogP contribution in [-0.2, 0) is 0 Å². The molecule has 3 heteroatoms. The first-order chi connectivity index (χ1) is 10.3. The molecule has 0 aliphatic heterocycles. The Hall–Kier alpha value is -2.57. The van der Waals surface area contributed by atoms with Crippen LogP contribution in [0.5, 0.6) is 0 Å². The third-order valence-electron chi connectivity index (χ3n) is 3.30. The third kappa shape index (κ3) is 2.81. The summed E-state index contributed by atoms with van der Waals surface area (Å²) in [6, 6.07) is 20.5. The van der Waals surface area contributed by atoms with Gasteiger partial charge in [-0.25, -0.2) is 0 Å². The largest absolute Gasteiger partial charge is 0.346 e. The molecule has 0 saturated carbocycles. The van der Waals surface area contributed by atoms with Crippen LogP contribution in [0.3, 0.4) is 0 Å². The molecule has 0 radical (unpaired) electrons. The van der Waals surface area contributed by atoms with Gasteiger partial charge in [0.1, 0.15) is 11.1 Å². The van der Waals surface area contributed by atoms with Crippen LogP contribution in [0.15, 0.2) is 60.0 Å². The van der Waals surface area contributed by atoms with E-state index in [1.807, 2.05) is 35.7 Å². The normalized spacial score (nSPS) is 10.1. The van der Waals surface area contributed by atoms with Crippen LogP contribution in [-0.4, -0.2) is 0 Å². The fourth-order valence-electron chi connectivity index (χ4n) is 2.16. The number of nitrogens with zero attached hydrogens (tertiary/aromatic N) is 1. The van der Waals surface area contributed by atoms with Gasteiger partial charge in [-0.05, 0) is 24.6 Å². The summed E-state index contributed by atoms with van der Waals surface area (Å²) in [5.74, 6) is 0. The molecule has 1 N–H and O–H groups in total. The average molecular weight is 290 g/mol. The molecule has 1 heterocycles. The van der Waals surface area contributed by atoms with E-state index in [2.05, 4.69) is 42.6 Å². The standard InChI is InChI=1S/C18H14N2S/c1-13-7-9-14(10-8-13)17-12-21-18(16(17)11-19)20-15-5-3-2-4-6-15/h2-10,12,20H,1H3. The maximum absolute atomic E-state index is 9.50. The number of hydrogen-bond donors (Lipinski definition) is 1. The van der Waals surface area contributed by atoms with Gasteiger partial charge < -0.3 is 5.32 Å². The number of aryl methyl sites for hydroxylation is 1. The van der Waals surface area contributed by atoms with Gasteiger partial charge in [-0.3, -0.25) is 0 Å². The van der Waals surface area contributed by atoms with Crippen molar-refractivity contribution in [2.24, 2.45) is 0 Å². The SMILES string of the molecule is Cc1ccc(-c2csc(Nc3ccccc3)c2C#N)cc1. The first kappa shape index (κ1) is 13.4. The van der Waals surface area contributed by atoms with Gasteiger partial charge in [0.25, 0.3) is 0 Å². The Balaban J connectivity index is 1.98. The Morgan fingerprint density at radius 1 is 1.00 bits per heavy atom. The molecule has 0 aliphatic carbocycles. The Morgan fingerprint density at radius 3 is 2.38 bits per heavy atom. The smallest absolute Gasteiger partial charge is 0.111 e. The Kier molecular flexibility index (Phi) is 3.72. The minimum Gasteiger partial charge on any atom is -0.346 e. The number of rotatable bonds is 3. The molecule has 0 aliphatic rings. The van der Waals surface area contributed by atoms with Crippen molar-refractivity contribution in [3.63, 3.8) is 0 Å². The predicted octanol–water partition coefficient (Wildman–Crippen LogP) is 5.34. The number of anilines is 2. The molecule has 0 bridgehead atoms. The molecule has 0 unspecified atom stereocenters. The van der Waals surface area contributed by atoms with Crippen molar-refractivity contribution >= 4 is 22.0 Å². The van der Waals surface area contributed by atoms with Crippen LogP contribution in [0.4, 0.5) is 10.7 Å². The molecule has 2 nitrogen and oxygen atoms in total. The van der Waals surface area contributed by atoms with E-state index in [1.165, 1.54) is 5.56 Å². The van der Waals surface area contributed by atoms with Crippen LogP contribution in [0.1, 0.15) is 11.1 Å². The summed E-state index contributed by atoms with van der Waals surface area (Å²) in [5, 5.41) is 15.7. The molecule has 0 atom stereocenters. The van der Waals surface area contributed by atoms with E-state index < -0.39 is 0 Å². The summed E-state index contributed by atoms with van der Waals surface area (Å²) in [6.45, 7) is 2.06. The van der Waals surface area contributed by atoms with Crippen LogP contribution in [0, 0.1) is 18.3 Å². The van der Waals surface area contributed by atoms with Crippen molar-refractivity contribution in [3.05, 3.63) is 71.1 Å². The van der Waals surface area contributed by atoms with Gasteiger partial charge in [0.15, 0.2) is 0 Å². The predicted molar refractivity (Wildman–Crippen MR) is 88.9 cm³/mol. The lowest BCUT2D eigenvalue weighted by atomic mass is 10.0. The number of benzene rings is 2. The summed E-state index contributed by atoms with van der Waals surface area (Å²) >= 11 is 1.56. The van der Waals surface area contributed by atoms with E-state index in [0.717, 1.165) is 21.8 Å². The number of nitriles is 1. The monoisotopic (exact) mass is 290 g/mol. The van der Waals surface area contributed by atoms with Crippen molar-refractivity contribution in [1.29, 1.82) is 5.26 Å². The highest BCUT2D eigenvalue weighted by atomic mass is 32.1. The molecule has 0 fully saturated rings. The molecular formula is C18H14N2S. The molecule has 1 aromatic heterocycles. The molecule has 0 saturated heterocycles. The molecule has 2 aromatic carbocycles. The van der Waals surface area contributed by atoms with Crippen molar-refractivity contribution in [2.75, 3.05) is 5.32 Å². The summed E-state index contributed by atoms with van der Waals surface area (Å²) in [5.41, 5.74) is 4.98. The average Bonchev–Trinajstić information content (AvgIpc) is 2.92. The summed E-state index contributed by atoms with van der Waals surface area (Å²) < 4.78 is 0. The first-order valence-electron chi connectivity index (χ1n) is 6.68. The third-order valence-corrected chi connectivity index (χ3v) is 4.19. The van der Waals surface area contributed by atoms with Gasteiger partial charge in [0.05, 0.1) is 5.56 Å². The highest BCUT2D eigenvalue weighted by Crippen LogP contribution is 2.36. The maximum atomic E-state index is 9.50. The van der Waals surface area contributed by atoms with E-state index in [1.54, 1.807) is 11.3 Å². The fraction of sp³-hybridized carbons (Fsp3) is 0.0556. The first-order valence-corrected chi connectivity index (χ1v) is 7.56. The number of nitrogens with one attached hydrogen (secondary N) is 1. The van der Waals surface area contributed by atoms with Gasteiger partial charge in [-0.15, -0.1) is 11.3 Å². The number of para-hydroxylation sites is 1. The van der Waals surface area contributed by atoms with E-state index in [0.29, 0.717) is 5.56 Å². The minimum atomic E-state index is 0.702. The summed E-state index contributed by atoms with van der Waals surface area (Å²) in [7, 11) is 0. The van der Waals surface area contributed by atoms with Crippen LogP contribution in [0.25, 0.3) is 11.1 Å². The highest BCUT2D eigenvalue weighted by molar-refractivity contribution is 7.15. The zero-order chi connectivity index (χ0) is 14.7. The lowest BCUT2D eigenvalue weighted by Gasteiger charge is -2.05. The van der Waals surface area contributed by atoms with E-state index in [4.69, 9.17) is 0 Å². The molecule has 0 spiro atoms. The zero-order valence-corrected chi connectivity index (χ0v) is 12.4. The lowest BCUT2D eigenvalue weighted by molar-refractivity contribution is 1.46. The summed E-state index contributed by atoms with van der Waals surface area (Å²) in [6.07, 6.45) is 0. The molecule has 3 aromatic rings. The maximum Gasteiger partial charge on any atom is 0.111 e. The Morgan fingerprint density at radius 2 is 1.71 bits per heavy atom. The molecule has 102 valence electrons. The van der Waals surface area contributed by atoms with E-state index >= 15 is 0 Å². The van der Waals surface area contributed by atoms with E-state index in [-0.39, 0.29) is 0 Å². The number of thiophene rings is 1. The van der Waals surface area contributed by atoms with Gasteiger partial charge in [0, 0.05) is 16.6 Å². The van der Waals surface area contributed by atoms with Crippen LogP contribution < -0.4 is 5.32 Å². The van der Waals surface area contributed by atoms with E-state index in [9.17, 15) is 5.26 Å². The Labute approximate surface area is 128 Å². The van der Waals surface area contributed by atoms with Crippen molar-refractivity contribution in [3.8, 4) is 17.2 Å². The molecular weight excluding hydrogens is 276 g/mol. The van der Waals surface area contributed by atoms with Crippen LogP contribution >= 0.6 is 11.3 Å². The second kappa shape index (κ2) is 5.82. The van der Waals surface area contributed by atoms with Gasteiger partial charge in [0.2, 0.25) is 0 Å². The van der Waals surface area contributed by atoms with Crippen molar-refractivity contribution < 1.29 is 0 Å². The van der Waals surface area contributed by atoms with Crippen molar-refractivity contribution in [1.82, 2.24) is 0 Å². The topological polar surface area (TPSA) is 35.8 Å². The Bertz CT molecular complexity index is 780. The van der Waals surface area contributed by atoms with Gasteiger partial charge in [-0.2, -0.15) is 5.26 Å². The summed E-state index contributed by atoms with van der Waals surface area (Å²) in [4.78, 5) is 0. The van der Waals surface area contributed by atoms with Gasteiger partial charge >= 0.3 is 0 Å². The minimum absolute atomic E-state index is 0.702. The molecule has 3 rings (SSSR count). The van der Waals surface area contributed by atoms with Crippen LogP contribution in [0.2, 0.25) is 0 Å². The highest BCUT2D eigenvalue weighted by Gasteiger charge is 2.13. The second-order valence-corrected chi connectivity index (χ2v) is 5.70. The fourth-order valence-corrected chi connectivity index (χ4v) is 3.10. The number of hydrogen-bond acceptors (Lipinski definition) is 3. The lowest BCUT2D eigenvalue weighted by Crippen LogP contribution is -1.90. The second-order valence-electron chi connectivity index (χ2n) is 4.82. The quantitative estimate of drug-likeness (QED) is 0.706. The van der Waals surface area contributed by atoms with Gasteiger partial charge in [-0.1, -0.05) is 48.0 Å².